The quantitative estimate of drug-likeness (QED) is 0.541. The summed E-state index contributed by atoms with van der Waals surface area (Å²) in [6.07, 6.45) is 2.70. The number of hydrogen-bond donors (Lipinski definition) is 0. The van der Waals surface area contributed by atoms with Crippen molar-refractivity contribution in [1.82, 2.24) is 10.4 Å². The van der Waals surface area contributed by atoms with Gasteiger partial charge in [0.2, 0.25) is 0 Å². The van der Waals surface area contributed by atoms with Crippen LogP contribution in [-0.4, -0.2) is 23.6 Å². The minimum Gasteiger partial charge on any atom is -0.221 e. The number of hydrogen-bond acceptors (Lipinski definition) is 1. The van der Waals surface area contributed by atoms with Crippen LogP contribution in [0, 0.1) is 0 Å². The second-order valence-corrected chi connectivity index (χ2v) is 3.16. The number of nitrogens with zero attached hydrogens (tertiary/aromatic N) is 2. The van der Waals surface area contributed by atoms with Gasteiger partial charge in [0.05, 0.1) is 0 Å². The van der Waals surface area contributed by atoms with Gasteiger partial charge in [-0.15, -0.1) is 0 Å². The first-order valence-corrected chi connectivity index (χ1v) is 4.21. The van der Waals surface area contributed by atoms with Crippen LogP contribution in [0.5, 0.6) is 0 Å². The highest BCUT2D eigenvalue weighted by molar-refractivity contribution is 4.83. The molecule has 0 heterocycles. The molecule has 1 fully saturated rings. The van der Waals surface area contributed by atoms with Crippen LogP contribution in [0.3, 0.4) is 0 Å². The Balaban J connectivity index is 2.26. The average molecular weight is 141 g/mol. The van der Waals surface area contributed by atoms with Gasteiger partial charge in [-0.1, -0.05) is 0 Å². The lowest BCUT2D eigenvalue weighted by atomic mass is 10.4. The summed E-state index contributed by atoms with van der Waals surface area (Å²) in [7, 11) is 0. The number of rotatable bonds is 4. The van der Waals surface area contributed by atoms with E-state index in [1.165, 1.54) is 12.8 Å². The Kier molecular flexibility index (Phi) is 2.69. The monoisotopic (exact) mass is 141 g/mol. The van der Waals surface area contributed by atoms with E-state index < -0.39 is 0 Å². The van der Waals surface area contributed by atoms with Crippen LogP contribution in [0.15, 0.2) is 0 Å². The molecule has 2 heteroatoms. The predicted molar refractivity (Wildman–Crippen MR) is 42.7 cm³/mol. The third-order valence-corrected chi connectivity index (χ3v) is 1.75. The molecule has 0 saturated heterocycles. The molecule has 0 aliphatic heterocycles. The van der Waals surface area contributed by atoms with Gasteiger partial charge in [-0.05, 0) is 33.6 Å². The van der Waals surface area contributed by atoms with Crippen LogP contribution in [0.4, 0.5) is 0 Å². The molecule has 0 aromatic rings. The molecule has 2 nitrogen and oxygen atoms in total. The van der Waals surface area contributed by atoms with Gasteiger partial charge in [0.25, 0.3) is 0 Å². The Bertz CT molecular complexity index is 95.4. The maximum atomic E-state index is 4.42. The molecule has 0 spiro atoms. The Hall–Kier alpha value is -0.0800. The van der Waals surface area contributed by atoms with Crippen LogP contribution < -0.4 is 5.43 Å². The van der Waals surface area contributed by atoms with E-state index >= 15 is 0 Å². The van der Waals surface area contributed by atoms with Crippen molar-refractivity contribution in [3.05, 3.63) is 0 Å². The van der Waals surface area contributed by atoms with E-state index in [0.29, 0.717) is 6.04 Å². The molecular formula is C8H17N2. The summed E-state index contributed by atoms with van der Waals surface area (Å²) in [6.45, 7) is 7.43. The summed E-state index contributed by atoms with van der Waals surface area (Å²) < 4.78 is 0. The van der Waals surface area contributed by atoms with Crippen molar-refractivity contribution in [2.45, 2.75) is 45.7 Å². The van der Waals surface area contributed by atoms with E-state index in [1.807, 2.05) is 0 Å². The summed E-state index contributed by atoms with van der Waals surface area (Å²) in [5, 5.41) is 2.25. The molecule has 1 saturated carbocycles. The first-order valence-electron chi connectivity index (χ1n) is 4.21. The summed E-state index contributed by atoms with van der Waals surface area (Å²) in [5.74, 6) is 0. The second-order valence-electron chi connectivity index (χ2n) is 3.16. The first-order chi connectivity index (χ1) is 4.75. The lowest BCUT2D eigenvalue weighted by Crippen LogP contribution is -2.39. The molecule has 1 radical (unpaired) electrons. The van der Waals surface area contributed by atoms with E-state index in [0.717, 1.165) is 12.6 Å². The molecule has 59 valence electrons. The highest BCUT2D eigenvalue weighted by Crippen LogP contribution is 2.27. The zero-order valence-electron chi connectivity index (χ0n) is 7.17. The average Bonchev–Trinajstić information content (AvgIpc) is 2.63. The van der Waals surface area contributed by atoms with Crippen LogP contribution in [0.2, 0.25) is 0 Å². The maximum Gasteiger partial charge on any atom is 0.0278 e. The van der Waals surface area contributed by atoms with Crippen LogP contribution in [-0.2, 0) is 0 Å². The standard InChI is InChI=1S/C8H17N2/c1-4-9-10(7(2)3)8-5-6-8/h7-8H,4-6H2,1-3H3. The fraction of sp³-hybridized carbons (Fsp3) is 1.00. The van der Waals surface area contributed by atoms with Crippen LogP contribution in [0.25, 0.3) is 0 Å². The van der Waals surface area contributed by atoms with Crippen molar-refractivity contribution in [3.63, 3.8) is 0 Å². The van der Waals surface area contributed by atoms with Gasteiger partial charge < -0.3 is 0 Å². The molecule has 1 aliphatic carbocycles. The molecular weight excluding hydrogens is 124 g/mol. The van der Waals surface area contributed by atoms with Crippen molar-refractivity contribution >= 4 is 0 Å². The second kappa shape index (κ2) is 3.35. The molecule has 0 aromatic heterocycles. The third-order valence-electron chi connectivity index (χ3n) is 1.75. The fourth-order valence-electron chi connectivity index (χ4n) is 1.20. The molecule has 10 heavy (non-hydrogen) atoms. The predicted octanol–water partition coefficient (Wildman–Crippen LogP) is 1.40. The van der Waals surface area contributed by atoms with Crippen molar-refractivity contribution < 1.29 is 0 Å². The Labute approximate surface area is 63.6 Å². The van der Waals surface area contributed by atoms with Gasteiger partial charge in [-0.2, -0.15) is 5.43 Å². The molecule has 0 unspecified atom stereocenters. The molecule has 1 aliphatic rings. The Morgan fingerprint density at radius 1 is 1.50 bits per heavy atom. The van der Waals surface area contributed by atoms with E-state index in [9.17, 15) is 0 Å². The largest absolute Gasteiger partial charge is 0.221 e. The van der Waals surface area contributed by atoms with Gasteiger partial charge in [-0.25, -0.2) is 5.01 Å². The Morgan fingerprint density at radius 3 is 2.40 bits per heavy atom. The lowest BCUT2D eigenvalue weighted by Gasteiger charge is -2.23. The summed E-state index contributed by atoms with van der Waals surface area (Å²) in [6, 6.07) is 1.37. The van der Waals surface area contributed by atoms with Gasteiger partial charge in [0.15, 0.2) is 0 Å². The van der Waals surface area contributed by atoms with Crippen molar-refractivity contribution in [3.8, 4) is 0 Å². The van der Waals surface area contributed by atoms with Crippen LogP contribution >= 0.6 is 0 Å². The third kappa shape index (κ3) is 1.96. The normalized spacial score (nSPS) is 18.9. The summed E-state index contributed by atoms with van der Waals surface area (Å²) >= 11 is 0. The van der Waals surface area contributed by atoms with Gasteiger partial charge in [0, 0.05) is 18.6 Å². The smallest absolute Gasteiger partial charge is 0.0278 e. The van der Waals surface area contributed by atoms with Gasteiger partial charge in [-0.3, -0.25) is 0 Å². The molecule has 0 amide bonds. The zero-order valence-corrected chi connectivity index (χ0v) is 7.17. The zero-order chi connectivity index (χ0) is 7.56. The topological polar surface area (TPSA) is 17.3 Å². The van der Waals surface area contributed by atoms with E-state index in [-0.39, 0.29) is 0 Å². The van der Waals surface area contributed by atoms with Crippen LogP contribution in [0.1, 0.15) is 33.6 Å². The van der Waals surface area contributed by atoms with Crippen molar-refractivity contribution in [1.29, 1.82) is 0 Å². The first kappa shape index (κ1) is 8.02. The lowest BCUT2D eigenvalue weighted by molar-refractivity contribution is 0.130. The Morgan fingerprint density at radius 2 is 2.10 bits per heavy atom. The van der Waals surface area contributed by atoms with Gasteiger partial charge >= 0.3 is 0 Å². The molecule has 1 rings (SSSR count). The van der Waals surface area contributed by atoms with Crippen molar-refractivity contribution in [2.75, 3.05) is 6.54 Å². The fourth-order valence-corrected chi connectivity index (χ4v) is 1.20. The van der Waals surface area contributed by atoms with Gasteiger partial charge in [0.1, 0.15) is 0 Å². The maximum absolute atomic E-state index is 4.42. The van der Waals surface area contributed by atoms with Crippen molar-refractivity contribution in [2.24, 2.45) is 0 Å². The molecule has 0 bridgehead atoms. The minimum absolute atomic E-state index is 0.590. The molecule has 0 aromatic carbocycles. The highest BCUT2D eigenvalue weighted by atomic mass is 15.5. The minimum atomic E-state index is 0.590. The summed E-state index contributed by atoms with van der Waals surface area (Å²) in [5.41, 5.74) is 4.42. The van der Waals surface area contributed by atoms with E-state index in [1.54, 1.807) is 0 Å². The van der Waals surface area contributed by atoms with E-state index in [2.05, 4.69) is 31.2 Å². The SMILES string of the molecule is CC[N]N(C(C)C)C1CC1. The van der Waals surface area contributed by atoms with E-state index in [4.69, 9.17) is 0 Å². The molecule has 0 atom stereocenters. The highest BCUT2D eigenvalue weighted by Gasteiger charge is 2.30. The molecule has 0 N–H and O–H groups in total. The summed E-state index contributed by atoms with van der Waals surface area (Å²) in [4.78, 5) is 0.